The third-order valence-corrected chi connectivity index (χ3v) is 8.36. The van der Waals surface area contributed by atoms with E-state index in [1.807, 2.05) is 0 Å². The molecule has 0 bridgehead atoms. The highest BCUT2D eigenvalue weighted by molar-refractivity contribution is 5.92. The molecule has 0 aliphatic carbocycles. The Morgan fingerprint density at radius 1 is 1.00 bits per heavy atom. The second-order valence-corrected chi connectivity index (χ2v) is 11.6. The fraction of sp³-hybridized carbons (Fsp3) is 0.548. The van der Waals surface area contributed by atoms with Gasteiger partial charge in [-0.25, -0.2) is 0 Å². The predicted molar refractivity (Wildman–Crippen MR) is 148 cm³/mol. The van der Waals surface area contributed by atoms with E-state index in [0.717, 1.165) is 69.2 Å². The molecular formula is C31H42N4O. The number of nitrogens with one attached hydrogen (secondary N) is 1. The molecule has 2 aliphatic rings. The van der Waals surface area contributed by atoms with E-state index in [1.54, 1.807) is 0 Å². The number of nitrogens with zero attached hydrogens (tertiary/aromatic N) is 3. The van der Waals surface area contributed by atoms with Crippen LogP contribution in [0.2, 0.25) is 0 Å². The number of fused-ring (bicyclic) bond motifs is 1. The minimum atomic E-state index is 0.324. The number of carbonyl (C=O) groups excluding carboxylic acids is 1. The molecule has 1 N–H and O–H groups in total. The Morgan fingerprint density at radius 3 is 2.31 bits per heavy atom. The van der Waals surface area contributed by atoms with E-state index >= 15 is 0 Å². The molecule has 192 valence electrons. The summed E-state index contributed by atoms with van der Waals surface area (Å²) in [7, 11) is 0. The number of rotatable bonds is 5. The predicted octanol–water partition coefficient (Wildman–Crippen LogP) is 6.41. The van der Waals surface area contributed by atoms with Crippen molar-refractivity contribution >= 4 is 16.8 Å². The lowest BCUT2D eigenvalue weighted by molar-refractivity contribution is -0.134. The summed E-state index contributed by atoms with van der Waals surface area (Å²) in [6, 6.07) is 11.4. The van der Waals surface area contributed by atoms with E-state index in [4.69, 9.17) is 0 Å². The first kappa shape index (κ1) is 25.0. The maximum absolute atomic E-state index is 12.8. The highest BCUT2D eigenvalue weighted by Gasteiger charge is 2.26. The molecule has 5 heteroatoms. The van der Waals surface area contributed by atoms with Gasteiger partial charge in [-0.2, -0.15) is 0 Å². The van der Waals surface area contributed by atoms with E-state index in [0.29, 0.717) is 24.3 Å². The first-order valence-electron chi connectivity index (χ1n) is 13.9. The number of piperidine rings is 2. The molecule has 0 spiro atoms. The van der Waals surface area contributed by atoms with Crippen molar-refractivity contribution in [3.63, 3.8) is 0 Å². The van der Waals surface area contributed by atoms with E-state index in [9.17, 15) is 4.79 Å². The van der Waals surface area contributed by atoms with Crippen LogP contribution >= 0.6 is 0 Å². The maximum atomic E-state index is 12.8. The molecule has 3 aromatic rings. The third kappa shape index (κ3) is 5.22. The summed E-state index contributed by atoms with van der Waals surface area (Å²) < 4.78 is 0. The molecule has 1 aromatic carbocycles. The molecule has 0 radical (unpaired) electrons. The van der Waals surface area contributed by atoms with Crippen molar-refractivity contribution < 1.29 is 4.79 Å². The third-order valence-electron chi connectivity index (χ3n) is 8.36. The average Bonchev–Trinajstić information content (AvgIpc) is 3.23. The summed E-state index contributed by atoms with van der Waals surface area (Å²) in [6.45, 7) is 15.5. The number of carbonyl (C=O) groups is 1. The summed E-state index contributed by atoms with van der Waals surface area (Å²) in [5.74, 6) is 2.06. The van der Waals surface area contributed by atoms with Crippen LogP contribution in [0, 0.1) is 19.8 Å². The SMILES string of the molecule is Cc1cc(-c2[nH]c3ccc(C4CCN(CC(=O)N5CCC(C)CC5)CC4)cc3c2C(C)C)cc(C)n1. The van der Waals surface area contributed by atoms with Crippen LogP contribution in [0.5, 0.6) is 0 Å². The van der Waals surface area contributed by atoms with Gasteiger partial charge in [0.1, 0.15) is 0 Å². The number of hydrogen-bond acceptors (Lipinski definition) is 3. The standard InChI is InChI=1S/C31H42N4O/c1-20(2)30-27-18-25(6-7-28(27)33-31(30)26-16-22(4)32-23(5)17-26)24-10-12-34(13-11-24)19-29(36)35-14-8-21(3)9-15-35/h6-7,16-18,20-21,24,33H,8-15,19H2,1-5H3. The normalized spacial score (nSPS) is 18.4. The molecule has 0 saturated carbocycles. The van der Waals surface area contributed by atoms with Gasteiger partial charge in [0.25, 0.3) is 0 Å². The van der Waals surface area contributed by atoms with Crippen LogP contribution in [-0.4, -0.2) is 58.4 Å². The van der Waals surface area contributed by atoms with Gasteiger partial charge in [-0.15, -0.1) is 0 Å². The van der Waals surface area contributed by atoms with Gasteiger partial charge < -0.3 is 9.88 Å². The topological polar surface area (TPSA) is 52.2 Å². The lowest BCUT2D eigenvalue weighted by Gasteiger charge is -2.35. The zero-order chi connectivity index (χ0) is 25.4. The van der Waals surface area contributed by atoms with Crippen molar-refractivity contribution in [2.45, 2.75) is 72.1 Å². The molecule has 36 heavy (non-hydrogen) atoms. The zero-order valence-electron chi connectivity index (χ0n) is 22.7. The lowest BCUT2D eigenvalue weighted by atomic mass is 9.87. The molecule has 5 rings (SSSR count). The van der Waals surface area contributed by atoms with Crippen molar-refractivity contribution in [1.82, 2.24) is 19.8 Å². The zero-order valence-corrected chi connectivity index (χ0v) is 22.7. The van der Waals surface area contributed by atoms with Gasteiger partial charge in [0, 0.05) is 40.9 Å². The van der Waals surface area contributed by atoms with Crippen LogP contribution in [0.4, 0.5) is 0 Å². The number of aromatic nitrogens is 2. The number of benzene rings is 1. The molecule has 1 amide bonds. The van der Waals surface area contributed by atoms with Gasteiger partial charge in [0.05, 0.1) is 12.2 Å². The van der Waals surface area contributed by atoms with Crippen molar-refractivity contribution in [2.24, 2.45) is 5.92 Å². The van der Waals surface area contributed by atoms with Crippen molar-refractivity contribution in [1.29, 1.82) is 0 Å². The first-order valence-corrected chi connectivity index (χ1v) is 13.9. The van der Waals surface area contributed by atoms with Gasteiger partial charge in [0.2, 0.25) is 5.91 Å². The van der Waals surface area contributed by atoms with Crippen molar-refractivity contribution in [3.05, 3.63) is 52.8 Å². The number of aromatic amines is 1. The summed E-state index contributed by atoms with van der Waals surface area (Å²) in [5.41, 5.74) is 8.61. The summed E-state index contributed by atoms with van der Waals surface area (Å²) >= 11 is 0. The fourth-order valence-corrected chi connectivity index (χ4v) is 6.26. The van der Waals surface area contributed by atoms with E-state index in [-0.39, 0.29) is 0 Å². The maximum Gasteiger partial charge on any atom is 0.236 e. The average molecular weight is 487 g/mol. The molecule has 0 unspecified atom stereocenters. The smallest absolute Gasteiger partial charge is 0.236 e. The van der Waals surface area contributed by atoms with Gasteiger partial charge in [0.15, 0.2) is 0 Å². The van der Waals surface area contributed by atoms with E-state index in [2.05, 4.69) is 84.7 Å². The summed E-state index contributed by atoms with van der Waals surface area (Å²) in [5, 5.41) is 1.35. The first-order chi connectivity index (χ1) is 17.3. The molecule has 2 aromatic heterocycles. The number of amides is 1. The second kappa shape index (κ2) is 10.4. The fourth-order valence-electron chi connectivity index (χ4n) is 6.26. The Kier molecular flexibility index (Phi) is 7.21. The highest BCUT2D eigenvalue weighted by Crippen LogP contribution is 2.38. The van der Waals surface area contributed by atoms with Crippen LogP contribution in [0.1, 0.15) is 80.8 Å². The van der Waals surface area contributed by atoms with E-state index in [1.165, 1.54) is 33.3 Å². The number of H-pyrrole nitrogens is 1. The van der Waals surface area contributed by atoms with Gasteiger partial charge in [-0.05, 0) is 106 Å². The monoisotopic (exact) mass is 486 g/mol. The molecule has 4 heterocycles. The number of hydrogen-bond donors (Lipinski definition) is 1. The minimum Gasteiger partial charge on any atom is -0.354 e. The van der Waals surface area contributed by atoms with Crippen LogP contribution in [0.25, 0.3) is 22.2 Å². The van der Waals surface area contributed by atoms with E-state index < -0.39 is 0 Å². The Labute approximate surface area is 216 Å². The van der Waals surface area contributed by atoms with Crippen molar-refractivity contribution in [2.75, 3.05) is 32.7 Å². The summed E-state index contributed by atoms with van der Waals surface area (Å²) in [6.07, 6.45) is 4.53. The number of likely N-dealkylation sites (tertiary alicyclic amines) is 2. The Hall–Kier alpha value is -2.66. The van der Waals surface area contributed by atoms with Crippen LogP contribution < -0.4 is 0 Å². The van der Waals surface area contributed by atoms with Gasteiger partial charge in [-0.3, -0.25) is 14.7 Å². The Bertz CT molecular complexity index is 1210. The Balaban J connectivity index is 1.31. The quantitative estimate of drug-likeness (QED) is 0.453. The van der Waals surface area contributed by atoms with Gasteiger partial charge >= 0.3 is 0 Å². The molecule has 5 nitrogen and oxygen atoms in total. The molecule has 2 aliphatic heterocycles. The van der Waals surface area contributed by atoms with Gasteiger partial charge in [-0.1, -0.05) is 26.8 Å². The highest BCUT2D eigenvalue weighted by atomic mass is 16.2. The number of pyridine rings is 1. The van der Waals surface area contributed by atoms with Crippen LogP contribution in [-0.2, 0) is 4.79 Å². The molecule has 0 atom stereocenters. The lowest BCUT2D eigenvalue weighted by Crippen LogP contribution is -2.45. The van der Waals surface area contributed by atoms with Crippen molar-refractivity contribution in [3.8, 4) is 11.3 Å². The largest absolute Gasteiger partial charge is 0.354 e. The Morgan fingerprint density at radius 2 is 1.67 bits per heavy atom. The second-order valence-electron chi connectivity index (χ2n) is 11.6. The molecule has 2 saturated heterocycles. The van der Waals surface area contributed by atoms with Crippen LogP contribution in [0.15, 0.2) is 30.3 Å². The number of aryl methyl sites for hydroxylation is 2. The molecular weight excluding hydrogens is 444 g/mol. The molecule has 2 fully saturated rings. The van der Waals surface area contributed by atoms with Crippen LogP contribution in [0.3, 0.4) is 0 Å². The minimum absolute atomic E-state index is 0.324. The summed E-state index contributed by atoms with van der Waals surface area (Å²) in [4.78, 5) is 25.6.